The number of anilines is 1. The predicted octanol–water partition coefficient (Wildman–Crippen LogP) is 1.25. The molecule has 2 N–H and O–H groups in total. The van der Waals surface area contributed by atoms with E-state index in [1.165, 1.54) is 0 Å². The lowest BCUT2D eigenvalue weighted by Gasteiger charge is -2.08. The summed E-state index contributed by atoms with van der Waals surface area (Å²) in [5.41, 5.74) is 1.63. The Bertz CT molecular complexity index is 649. The van der Waals surface area contributed by atoms with E-state index in [4.69, 9.17) is 0 Å². The van der Waals surface area contributed by atoms with Crippen LogP contribution in [0, 0.1) is 13.8 Å². The molecule has 1 aromatic heterocycles. The van der Waals surface area contributed by atoms with E-state index in [1.807, 2.05) is 36.7 Å². The second-order valence-corrected chi connectivity index (χ2v) is 4.75. The standard InChI is InChI=1S/C15H18N4O2/c1-11-4-3-5-13(10-11)18-15(21)14(20)17-7-9-19-8-6-16-12(19)2/h3-6,8,10H,7,9H2,1-2H3,(H,17,20)(H,18,21). The van der Waals surface area contributed by atoms with Crippen LogP contribution in [0.2, 0.25) is 0 Å². The highest BCUT2D eigenvalue weighted by Gasteiger charge is 2.13. The van der Waals surface area contributed by atoms with Crippen molar-refractivity contribution in [2.75, 3.05) is 11.9 Å². The molecule has 6 nitrogen and oxygen atoms in total. The summed E-state index contributed by atoms with van der Waals surface area (Å²) in [6.07, 6.45) is 3.52. The van der Waals surface area contributed by atoms with Gasteiger partial charge in [-0.2, -0.15) is 0 Å². The third-order valence-electron chi connectivity index (χ3n) is 3.04. The monoisotopic (exact) mass is 286 g/mol. The molecule has 1 aromatic carbocycles. The molecule has 0 unspecified atom stereocenters. The number of imidazole rings is 1. The van der Waals surface area contributed by atoms with Crippen molar-refractivity contribution in [1.29, 1.82) is 0 Å². The van der Waals surface area contributed by atoms with E-state index in [0.717, 1.165) is 11.4 Å². The molecule has 110 valence electrons. The van der Waals surface area contributed by atoms with Gasteiger partial charge in [-0.15, -0.1) is 0 Å². The normalized spacial score (nSPS) is 10.2. The van der Waals surface area contributed by atoms with E-state index in [0.29, 0.717) is 18.8 Å². The molecule has 0 saturated heterocycles. The molecule has 0 aliphatic heterocycles. The van der Waals surface area contributed by atoms with Crippen LogP contribution in [0.1, 0.15) is 11.4 Å². The molecule has 2 amide bonds. The van der Waals surface area contributed by atoms with Gasteiger partial charge < -0.3 is 15.2 Å². The summed E-state index contributed by atoms with van der Waals surface area (Å²) in [5, 5.41) is 5.15. The average Bonchev–Trinajstić information content (AvgIpc) is 2.84. The van der Waals surface area contributed by atoms with E-state index in [9.17, 15) is 9.59 Å². The Morgan fingerprint density at radius 2 is 2.05 bits per heavy atom. The van der Waals surface area contributed by atoms with E-state index in [-0.39, 0.29) is 0 Å². The van der Waals surface area contributed by atoms with Gasteiger partial charge in [-0.3, -0.25) is 9.59 Å². The fourth-order valence-electron chi connectivity index (χ4n) is 1.92. The first-order valence-electron chi connectivity index (χ1n) is 6.70. The minimum absolute atomic E-state index is 0.372. The number of aryl methyl sites for hydroxylation is 2. The Hall–Kier alpha value is -2.63. The molecule has 0 radical (unpaired) electrons. The van der Waals surface area contributed by atoms with Crippen LogP contribution in [0.4, 0.5) is 5.69 Å². The Kier molecular flexibility index (Phi) is 4.71. The molecule has 2 aromatic rings. The highest BCUT2D eigenvalue weighted by Crippen LogP contribution is 2.08. The number of nitrogens with zero attached hydrogens (tertiary/aromatic N) is 2. The molecular weight excluding hydrogens is 268 g/mol. The van der Waals surface area contributed by atoms with Gasteiger partial charge in [-0.1, -0.05) is 12.1 Å². The smallest absolute Gasteiger partial charge is 0.313 e. The molecule has 0 fully saturated rings. The number of amides is 2. The van der Waals surface area contributed by atoms with Gasteiger partial charge in [0.2, 0.25) is 0 Å². The fraction of sp³-hybridized carbons (Fsp3) is 0.267. The summed E-state index contributed by atoms with van der Waals surface area (Å²) >= 11 is 0. The maximum atomic E-state index is 11.7. The van der Waals surface area contributed by atoms with Gasteiger partial charge in [0.15, 0.2) is 0 Å². The van der Waals surface area contributed by atoms with Gasteiger partial charge in [0.05, 0.1) is 0 Å². The molecule has 0 atom stereocenters. The summed E-state index contributed by atoms with van der Waals surface area (Å²) in [5.74, 6) is -0.439. The quantitative estimate of drug-likeness (QED) is 0.831. The van der Waals surface area contributed by atoms with Crippen LogP contribution in [0.25, 0.3) is 0 Å². The van der Waals surface area contributed by atoms with E-state index >= 15 is 0 Å². The molecular formula is C15H18N4O2. The highest BCUT2D eigenvalue weighted by atomic mass is 16.2. The summed E-state index contributed by atoms with van der Waals surface area (Å²) in [7, 11) is 0. The van der Waals surface area contributed by atoms with Crippen LogP contribution in [-0.4, -0.2) is 27.9 Å². The van der Waals surface area contributed by atoms with Crippen LogP contribution in [0.15, 0.2) is 36.7 Å². The van der Waals surface area contributed by atoms with Crippen molar-refractivity contribution in [2.45, 2.75) is 20.4 Å². The topological polar surface area (TPSA) is 76.0 Å². The van der Waals surface area contributed by atoms with Crippen molar-refractivity contribution in [1.82, 2.24) is 14.9 Å². The SMILES string of the molecule is Cc1cccc(NC(=O)C(=O)NCCn2ccnc2C)c1. The van der Waals surface area contributed by atoms with Crippen LogP contribution in [0.3, 0.4) is 0 Å². The summed E-state index contributed by atoms with van der Waals surface area (Å²) in [6, 6.07) is 7.29. The lowest BCUT2D eigenvalue weighted by atomic mass is 10.2. The van der Waals surface area contributed by atoms with Crippen molar-refractivity contribution >= 4 is 17.5 Å². The first kappa shape index (κ1) is 14.8. The van der Waals surface area contributed by atoms with Crippen LogP contribution < -0.4 is 10.6 Å². The zero-order chi connectivity index (χ0) is 15.2. The van der Waals surface area contributed by atoms with E-state index in [2.05, 4.69) is 15.6 Å². The number of hydrogen-bond acceptors (Lipinski definition) is 3. The number of rotatable bonds is 4. The molecule has 0 aliphatic rings. The number of nitrogens with one attached hydrogen (secondary N) is 2. The molecule has 6 heteroatoms. The zero-order valence-corrected chi connectivity index (χ0v) is 12.1. The summed E-state index contributed by atoms with van der Waals surface area (Å²) < 4.78 is 1.90. The number of carbonyl (C=O) groups is 2. The maximum Gasteiger partial charge on any atom is 0.313 e. The molecule has 0 spiro atoms. The zero-order valence-electron chi connectivity index (χ0n) is 12.1. The van der Waals surface area contributed by atoms with Crippen LogP contribution in [-0.2, 0) is 16.1 Å². The molecule has 2 rings (SSSR count). The minimum Gasteiger partial charge on any atom is -0.346 e. The van der Waals surface area contributed by atoms with Gasteiger partial charge in [-0.25, -0.2) is 4.98 Å². The molecule has 21 heavy (non-hydrogen) atoms. The second-order valence-electron chi connectivity index (χ2n) is 4.75. The molecule has 0 saturated carbocycles. The molecule has 0 bridgehead atoms. The third-order valence-corrected chi connectivity index (χ3v) is 3.04. The number of aromatic nitrogens is 2. The van der Waals surface area contributed by atoms with E-state index in [1.54, 1.807) is 18.3 Å². The molecule has 1 heterocycles. The van der Waals surface area contributed by atoms with Crippen molar-refractivity contribution < 1.29 is 9.59 Å². The van der Waals surface area contributed by atoms with Gasteiger partial charge in [0.1, 0.15) is 5.82 Å². The summed E-state index contributed by atoms with van der Waals surface area (Å²) in [6.45, 7) is 4.75. The van der Waals surface area contributed by atoms with Crippen LogP contribution >= 0.6 is 0 Å². The highest BCUT2D eigenvalue weighted by molar-refractivity contribution is 6.39. The number of benzene rings is 1. The Balaban J connectivity index is 1.80. The van der Waals surface area contributed by atoms with Crippen molar-refractivity contribution in [3.63, 3.8) is 0 Å². The Labute approximate surface area is 123 Å². The average molecular weight is 286 g/mol. The van der Waals surface area contributed by atoms with Crippen LogP contribution in [0.5, 0.6) is 0 Å². The lowest BCUT2D eigenvalue weighted by Crippen LogP contribution is -2.37. The Morgan fingerprint density at radius 3 is 2.71 bits per heavy atom. The van der Waals surface area contributed by atoms with Gasteiger partial charge in [0.25, 0.3) is 0 Å². The first-order valence-corrected chi connectivity index (χ1v) is 6.70. The first-order chi connectivity index (χ1) is 10.1. The third kappa shape index (κ3) is 4.17. The number of hydrogen-bond donors (Lipinski definition) is 2. The van der Waals surface area contributed by atoms with Gasteiger partial charge in [0, 0.05) is 31.2 Å². The minimum atomic E-state index is -0.664. The van der Waals surface area contributed by atoms with Crippen molar-refractivity contribution in [2.24, 2.45) is 0 Å². The second kappa shape index (κ2) is 6.69. The summed E-state index contributed by atoms with van der Waals surface area (Å²) in [4.78, 5) is 27.5. The van der Waals surface area contributed by atoms with Crippen molar-refractivity contribution in [3.05, 3.63) is 48.0 Å². The molecule has 0 aliphatic carbocycles. The largest absolute Gasteiger partial charge is 0.346 e. The lowest BCUT2D eigenvalue weighted by molar-refractivity contribution is -0.136. The maximum absolute atomic E-state index is 11.7. The van der Waals surface area contributed by atoms with Crippen molar-refractivity contribution in [3.8, 4) is 0 Å². The van der Waals surface area contributed by atoms with E-state index < -0.39 is 11.8 Å². The fourth-order valence-corrected chi connectivity index (χ4v) is 1.92. The predicted molar refractivity (Wildman–Crippen MR) is 79.8 cm³/mol. The van der Waals surface area contributed by atoms with Gasteiger partial charge in [-0.05, 0) is 31.5 Å². The number of carbonyl (C=O) groups excluding carboxylic acids is 2. The van der Waals surface area contributed by atoms with Gasteiger partial charge >= 0.3 is 11.8 Å². The Morgan fingerprint density at radius 1 is 1.24 bits per heavy atom.